The SMILES string of the molecule is CC1(C)CCC(NC(=O)c2cc(C(F)(F)F)ccc2Br)C1. The maximum atomic E-state index is 12.7. The van der Waals surface area contributed by atoms with Gasteiger partial charge in [0.05, 0.1) is 11.1 Å². The molecule has 21 heavy (non-hydrogen) atoms. The van der Waals surface area contributed by atoms with Crippen LogP contribution in [0.4, 0.5) is 13.2 Å². The molecule has 0 radical (unpaired) electrons. The fraction of sp³-hybridized carbons (Fsp3) is 0.533. The van der Waals surface area contributed by atoms with Crippen LogP contribution in [0.15, 0.2) is 22.7 Å². The van der Waals surface area contributed by atoms with Crippen LogP contribution in [-0.2, 0) is 6.18 Å². The molecule has 0 saturated heterocycles. The summed E-state index contributed by atoms with van der Waals surface area (Å²) in [6.45, 7) is 4.25. The number of halogens is 4. The normalized spacial score (nSPS) is 21.3. The fourth-order valence-electron chi connectivity index (χ4n) is 2.70. The lowest BCUT2D eigenvalue weighted by atomic mass is 9.92. The zero-order valence-electron chi connectivity index (χ0n) is 11.9. The first kappa shape index (κ1) is 16.3. The summed E-state index contributed by atoms with van der Waals surface area (Å²) in [7, 11) is 0. The van der Waals surface area contributed by atoms with E-state index < -0.39 is 17.6 Å². The lowest BCUT2D eigenvalue weighted by Crippen LogP contribution is -2.33. The second-order valence-electron chi connectivity index (χ2n) is 6.27. The van der Waals surface area contributed by atoms with E-state index in [9.17, 15) is 18.0 Å². The minimum atomic E-state index is -4.45. The van der Waals surface area contributed by atoms with Crippen LogP contribution in [-0.4, -0.2) is 11.9 Å². The quantitative estimate of drug-likeness (QED) is 0.804. The van der Waals surface area contributed by atoms with Crippen molar-refractivity contribution in [3.63, 3.8) is 0 Å². The Bertz CT molecular complexity index is 554. The van der Waals surface area contributed by atoms with E-state index in [1.165, 1.54) is 6.07 Å². The summed E-state index contributed by atoms with van der Waals surface area (Å²) >= 11 is 3.14. The predicted molar refractivity (Wildman–Crippen MR) is 78.0 cm³/mol. The van der Waals surface area contributed by atoms with Crippen molar-refractivity contribution in [3.05, 3.63) is 33.8 Å². The molecule has 116 valence electrons. The number of hydrogen-bond donors (Lipinski definition) is 1. The molecule has 1 fully saturated rings. The molecule has 1 unspecified atom stereocenters. The van der Waals surface area contributed by atoms with E-state index in [2.05, 4.69) is 35.1 Å². The Kier molecular flexibility index (Phi) is 4.38. The summed E-state index contributed by atoms with van der Waals surface area (Å²) in [5.74, 6) is -0.462. The number of carbonyl (C=O) groups is 1. The highest BCUT2D eigenvalue weighted by molar-refractivity contribution is 9.10. The molecule has 1 aromatic rings. The third-order valence-corrected chi connectivity index (χ3v) is 4.53. The van der Waals surface area contributed by atoms with Crippen LogP contribution in [0.2, 0.25) is 0 Å². The Labute approximate surface area is 130 Å². The molecule has 6 heteroatoms. The number of amides is 1. The maximum Gasteiger partial charge on any atom is 0.416 e. The monoisotopic (exact) mass is 363 g/mol. The Balaban J connectivity index is 2.16. The number of rotatable bonds is 2. The average Bonchev–Trinajstić information content (AvgIpc) is 2.67. The molecule has 0 spiro atoms. The van der Waals surface area contributed by atoms with Crippen molar-refractivity contribution in [2.45, 2.75) is 45.3 Å². The van der Waals surface area contributed by atoms with E-state index in [4.69, 9.17) is 0 Å². The number of alkyl halides is 3. The van der Waals surface area contributed by atoms with Crippen LogP contribution >= 0.6 is 15.9 Å². The van der Waals surface area contributed by atoms with Gasteiger partial charge in [0.15, 0.2) is 0 Å². The third kappa shape index (κ3) is 3.99. The van der Waals surface area contributed by atoms with E-state index >= 15 is 0 Å². The van der Waals surface area contributed by atoms with Crippen molar-refractivity contribution >= 4 is 21.8 Å². The van der Waals surface area contributed by atoms with Crippen LogP contribution in [0, 0.1) is 5.41 Å². The molecule has 1 amide bonds. The largest absolute Gasteiger partial charge is 0.416 e. The zero-order valence-corrected chi connectivity index (χ0v) is 13.4. The number of benzene rings is 1. The first-order valence-corrected chi connectivity index (χ1v) is 7.55. The number of nitrogens with one attached hydrogen (secondary N) is 1. The Morgan fingerprint density at radius 3 is 2.57 bits per heavy atom. The summed E-state index contributed by atoms with van der Waals surface area (Å²) in [5.41, 5.74) is -0.625. The predicted octanol–water partition coefficient (Wildman–Crippen LogP) is 4.78. The molecule has 0 aromatic heterocycles. The van der Waals surface area contributed by atoms with Crippen LogP contribution in [0.3, 0.4) is 0 Å². The second-order valence-corrected chi connectivity index (χ2v) is 7.12. The van der Waals surface area contributed by atoms with E-state index in [0.29, 0.717) is 4.47 Å². The Morgan fingerprint density at radius 2 is 2.05 bits per heavy atom. The molecule has 2 nitrogen and oxygen atoms in total. The van der Waals surface area contributed by atoms with Gasteiger partial charge in [-0.15, -0.1) is 0 Å². The van der Waals surface area contributed by atoms with Crippen LogP contribution in [0.25, 0.3) is 0 Å². The van der Waals surface area contributed by atoms with Crippen molar-refractivity contribution < 1.29 is 18.0 Å². The molecule has 0 heterocycles. The van der Waals surface area contributed by atoms with Crippen molar-refractivity contribution in [2.24, 2.45) is 5.41 Å². The van der Waals surface area contributed by atoms with Gasteiger partial charge in [-0.05, 0) is 58.8 Å². The minimum absolute atomic E-state index is 0.0222. The molecule has 1 saturated carbocycles. The molecule has 1 aromatic carbocycles. The van der Waals surface area contributed by atoms with Gasteiger partial charge in [0.2, 0.25) is 0 Å². The van der Waals surface area contributed by atoms with Gasteiger partial charge >= 0.3 is 6.18 Å². The van der Waals surface area contributed by atoms with Gasteiger partial charge in [-0.1, -0.05) is 13.8 Å². The molecule has 0 bridgehead atoms. The highest BCUT2D eigenvalue weighted by atomic mass is 79.9. The van der Waals surface area contributed by atoms with Crippen molar-refractivity contribution in [2.75, 3.05) is 0 Å². The first-order valence-electron chi connectivity index (χ1n) is 6.76. The van der Waals surface area contributed by atoms with Gasteiger partial charge in [0.25, 0.3) is 5.91 Å². The molecule has 0 aliphatic heterocycles. The van der Waals surface area contributed by atoms with Gasteiger partial charge in [0.1, 0.15) is 0 Å². The summed E-state index contributed by atoms with van der Waals surface area (Å²) in [5, 5.41) is 2.83. The maximum absolute atomic E-state index is 12.7. The van der Waals surface area contributed by atoms with Crippen LogP contribution in [0.5, 0.6) is 0 Å². The Morgan fingerprint density at radius 1 is 1.38 bits per heavy atom. The van der Waals surface area contributed by atoms with E-state index in [1.54, 1.807) is 0 Å². The summed E-state index contributed by atoms with van der Waals surface area (Å²) in [6.07, 6.45) is -1.75. The van der Waals surface area contributed by atoms with E-state index in [-0.39, 0.29) is 17.0 Å². The highest BCUT2D eigenvalue weighted by Gasteiger charge is 2.34. The molecule has 1 atom stereocenters. The lowest BCUT2D eigenvalue weighted by Gasteiger charge is -2.18. The molecular weight excluding hydrogens is 347 g/mol. The van der Waals surface area contributed by atoms with E-state index in [0.717, 1.165) is 31.4 Å². The zero-order chi connectivity index (χ0) is 15.8. The van der Waals surface area contributed by atoms with Crippen LogP contribution < -0.4 is 5.32 Å². The molecule has 1 aliphatic rings. The van der Waals surface area contributed by atoms with Crippen molar-refractivity contribution in [1.82, 2.24) is 5.32 Å². The topological polar surface area (TPSA) is 29.1 Å². The number of hydrogen-bond acceptors (Lipinski definition) is 1. The highest BCUT2D eigenvalue weighted by Crippen LogP contribution is 2.37. The first-order chi connectivity index (χ1) is 9.58. The summed E-state index contributed by atoms with van der Waals surface area (Å²) < 4.78 is 38.5. The van der Waals surface area contributed by atoms with Gasteiger partial charge < -0.3 is 5.32 Å². The van der Waals surface area contributed by atoms with Gasteiger partial charge in [-0.3, -0.25) is 4.79 Å². The molecule has 2 rings (SSSR count). The third-order valence-electron chi connectivity index (χ3n) is 3.84. The summed E-state index contributed by atoms with van der Waals surface area (Å²) in [6, 6.07) is 3.13. The van der Waals surface area contributed by atoms with Crippen LogP contribution in [0.1, 0.15) is 49.0 Å². The Hall–Kier alpha value is -1.04. The number of carbonyl (C=O) groups excluding carboxylic acids is 1. The summed E-state index contributed by atoms with van der Waals surface area (Å²) in [4.78, 5) is 12.2. The van der Waals surface area contributed by atoms with Gasteiger partial charge in [0, 0.05) is 10.5 Å². The minimum Gasteiger partial charge on any atom is -0.349 e. The van der Waals surface area contributed by atoms with Crippen molar-refractivity contribution in [1.29, 1.82) is 0 Å². The van der Waals surface area contributed by atoms with Gasteiger partial charge in [-0.25, -0.2) is 0 Å². The molecule has 1 N–H and O–H groups in total. The van der Waals surface area contributed by atoms with Crippen molar-refractivity contribution in [3.8, 4) is 0 Å². The molecular formula is C15H17BrF3NO. The van der Waals surface area contributed by atoms with E-state index in [1.807, 2.05) is 0 Å². The lowest BCUT2D eigenvalue weighted by molar-refractivity contribution is -0.137. The fourth-order valence-corrected chi connectivity index (χ4v) is 3.12. The average molecular weight is 364 g/mol. The molecule has 1 aliphatic carbocycles. The second kappa shape index (κ2) is 5.63. The smallest absolute Gasteiger partial charge is 0.349 e. The standard InChI is InChI=1S/C15H17BrF3NO/c1-14(2)6-5-10(8-14)20-13(21)11-7-9(15(17,18)19)3-4-12(11)16/h3-4,7,10H,5-6,8H2,1-2H3,(H,20,21). The van der Waals surface area contributed by atoms with Gasteiger partial charge in [-0.2, -0.15) is 13.2 Å².